The van der Waals surface area contributed by atoms with Gasteiger partial charge in [-0.2, -0.15) is 10.1 Å². The predicted octanol–water partition coefficient (Wildman–Crippen LogP) is 3.14. The van der Waals surface area contributed by atoms with Crippen LogP contribution >= 0.6 is 0 Å². The molecule has 8 nitrogen and oxygen atoms in total. The Morgan fingerprint density at radius 3 is 2.81 bits per heavy atom. The summed E-state index contributed by atoms with van der Waals surface area (Å²) in [4.78, 5) is 35.8. The Morgan fingerprint density at radius 1 is 1.19 bits per heavy atom. The van der Waals surface area contributed by atoms with E-state index in [9.17, 15) is 9.59 Å². The lowest BCUT2D eigenvalue weighted by Gasteiger charge is -2.41. The van der Waals surface area contributed by atoms with Crippen LogP contribution in [0, 0.1) is 6.92 Å². The molecular weight excluding hydrogens is 392 g/mol. The number of para-hydroxylation sites is 1. The van der Waals surface area contributed by atoms with Crippen molar-refractivity contribution in [2.24, 2.45) is 4.99 Å². The molecule has 31 heavy (non-hydrogen) atoms. The van der Waals surface area contributed by atoms with E-state index in [2.05, 4.69) is 20.4 Å². The van der Waals surface area contributed by atoms with Gasteiger partial charge in [0.25, 0.3) is 11.8 Å². The molecule has 154 valence electrons. The molecule has 2 amide bonds. The van der Waals surface area contributed by atoms with Crippen molar-refractivity contribution in [1.82, 2.24) is 19.7 Å². The minimum absolute atomic E-state index is 0.0127. The summed E-state index contributed by atoms with van der Waals surface area (Å²) in [7, 11) is 0. The third-order valence-electron chi connectivity index (χ3n) is 5.56. The van der Waals surface area contributed by atoms with Crippen LogP contribution in [0.2, 0.25) is 0 Å². The van der Waals surface area contributed by atoms with Crippen molar-refractivity contribution in [2.75, 3.05) is 5.32 Å². The zero-order valence-corrected chi connectivity index (χ0v) is 17.1. The number of rotatable bonds is 3. The first-order chi connectivity index (χ1) is 15.0. The maximum Gasteiger partial charge on any atom is 0.250 e. The summed E-state index contributed by atoms with van der Waals surface area (Å²) >= 11 is 0. The first-order valence-electron chi connectivity index (χ1n) is 9.94. The average molecular weight is 412 g/mol. The topological polar surface area (TPSA) is 92.5 Å². The molecule has 3 aromatic rings. The predicted molar refractivity (Wildman–Crippen MR) is 118 cm³/mol. The van der Waals surface area contributed by atoms with E-state index < -0.39 is 5.54 Å². The molecule has 0 fully saturated rings. The standard InChI is InChI=1S/C23H20N6O2/c1-15-18-12-16(14-24-21(18)29(27-15)17-8-4-3-5-9-17)25-22(31)23(2)13-20(30)26-19-10-6-7-11-28(19)23/h3-12,14H,13H2,1-2H3,(H,25,31). The van der Waals surface area contributed by atoms with Crippen molar-refractivity contribution in [3.63, 3.8) is 0 Å². The van der Waals surface area contributed by atoms with E-state index in [1.165, 1.54) is 0 Å². The van der Waals surface area contributed by atoms with Gasteiger partial charge in [-0.05, 0) is 44.2 Å². The molecule has 0 aliphatic carbocycles. The van der Waals surface area contributed by atoms with Crippen LogP contribution in [-0.4, -0.2) is 42.9 Å². The van der Waals surface area contributed by atoms with Gasteiger partial charge in [0, 0.05) is 11.6 Å². The number of carbonyl (C=O) groups excluding carboxylic acids is 2. The molecule has 0 bridgehead atoms. The lowest BCUT2D eigenvalue weighted by atomic mass is 9.91. The third kappa shape index (κ3) is 3.13. The molecule has 2 aliphatic heterocycles. The monoisotopic (exact) mass is 412 g/mol. The number of aromatic nitrogens is 3. The summed E-state index contributed by atoms with van der Waals surface area (Å²) in [5, 5.41) is 8.37. The van der Waals surface area contributed by atoms with Gasteiger partial charge in [-0.15, -0.1) is 0 Å². The lowest BCUT2D eigenvalue weighted by Crippen LogP contribution is -2.58. The van der Waals surface area contributed by atoms with Gasteiger partial charge in [0.05, 0.1) is 29.7 Å². The van der Waals surface area contributed by atoms with Crippen LogP contribution in [0.3, 0.4) is 0 Å². The van der Waals surface area contributed by atoms with Crippen LogP contribution in [-0.2, 0) is 9.59 Å². The van der Waals surface area contributed by atoms with E-state index in [0.717, 1.165) is 16.8 Å². The molecule has 0 saturated carbocycles. The summed E-state index contributed by atoms with van der Waals surface area (Å²) in [6, 6.07) is 11.6. The molecule has 1 atom stereocenters. The Bertz CT molecular complexity index is 1300. The molecule has 0 radical (unpaired) electrons. The third-order valence-corrected chi connectivity index (χ3v) is 5.56. The number of hydrogen-bond donors (Lipinski definition) is 1. The summed E-state index contributed by atoms with van der Waals surface area (Å²) in [5.41, 5.74) is 1.88. The van der Waals surface area contributed by atoms with Crippen LogP contribution in [0.15, 0.2) is 72.0 Å². The molecule has 0 saturated heterocycles. The van der Waals surface area contributed by atoms with Crippen molar-refractivity contribution in [3.8, 4) is 5.69 Å². The number of amidine groups is 1. The normalized spacial score (nSPS) is 20.0. The molecule has 2 aromatic heterocycles. The number of amides is 2. The fraction of sp³-hybridized carbons (Fsp3) is 0.174. The van der Waals surface area contributed by atoms with E-state index in [0.29, 0.717) is 17.2 Å². The van der Waals surface area contributed by atoms with Crippen LogP contribution in [0.4, 0.5) is 5.69 Å². The first-order valence-corrected chi connectivity index (χ1v) is 9.94. The number of carbonyl (C=O) groups is 2. The zero-order chi connectivity index (χ0) is 21.6. The van der Waals surface area contributed by atoms with Crippen LogP contribution in [0.1, 0.15) is 19.0 Å². The van der Waals surface area contributed by atoms with Crippen LogP contribution < -0.4 is 5.32 Å². The summed E-state index contributed by atoms with van der Waals surface area (Å²) in [6.07, 6.45) is 8.68. The van der Waals surface area contributed by atoms with Gasteiger partial charge in [-0.25, -0.2) is 9.67 Å². The van der Waals surface area contributed by atoms with Gasteiger partial charge in [0.2, 0.25) is 0 Å². The highest BCUT2D eigenvalue weighted by molar-refractivity contribution is 6.12. The minimum Gasteiger partial charge on any atom is -0.323 e. The lowest BCUT2D eigenvalue weighted by molar-refractivity contribution is -0.130. The summed E-state index contributed by atoms with van der Waals surface area (Å²) in [5.74, 6) is -0.162. The Kier molecular flexibility index (Phi) is 4.28. The van der Waals surface area contributed by atoms with E-state index in [1.54, 1.807) is 41.1 Å². The second kappa shape index (κ2) is 7.02. The number of aliphatic imine (C=N–C) groups is 1. The summed E-state index contributed by atoms with van der Waals surface area (Å²) in [6.45, 7) is 3.65. The highest BCUT2D eigenvalue weighted by Crippen LogP contribution is 2.30. The number of aryl methyl sites for hydroxylation is 1. The number of benzene rings is 1. The molecular formula is C23H20N6O2. The Morgan fingerprint density at radius 2 is 2.00 bits per heavy atom. The van der Waals surface area contributed by atoms with E-state index >= 15 is 0 Å². The molecule has 4 heterocycles. The smallest absolute Gasteiger partial charge is 0.250 e. The number of hydrogen-bond acceptors (Lipinski definition) is 5. The van der Waals surface area contributed by atoms with Gasteiger partial charge >= 0.3 is 0 Å². The number of nitrogens with one attached hydrogen (secondary N) is 1. The van der Waals surface area contributed by atoms with Crippen molar-refractivity contribution in [2.45, 2.75) is 25.8 Å². The van der Waals surface area contributed by atoms with E-state index in [-0.39, 0.29) is 18.2 Å². The quantitative estimate of drug-likeness (QED) is 0.713. The van der Waals surface area contributed by atoms with Gasteiger partial charge in [0.1, 0.15) is 11.4 Å². The maximum atomic E-state index is 13.3. The van der Waals surface area contributed by atoms with Gasteiger partial charge in [0.15, 0.2) is 5.65 Å². The largest absolute Gasteiger partial charge is 0.323 e. The molecule has 2 aliphatic rings. The van der Waals surface area contributed by atoms with Crippen LogP contribution in [0.25, 0.3) is 16.7 Å². The number of pyridine rings is 1. The second-order valence-electron chi connectivity index (χ2n) is 7.77. The number of allylic oxidation sites excluding steroid dienone is 2. The van der Waals surface area contributed by atoms with Crippen molar-refractivity contribution >= 4 is 34.4 Å². The Labute approximate surface area is 178 Å². The second-order valence-corrected chi connectivity index (χ2v) is 7.77. The average Bonchev–Trinajstić information content (AvgIpc) is 3.10. The minimum atomic E-state index is -1.09. The molecule has 5 rings (SSSR count). The van der Waals surface area contributed by atoms with Crippen molar-refractivity contribution < 1.29 is 9.59 Å². The molecule has 1 aromatic carbocycles. The fourth-order valence-corrected chi connectivity index (χ4v) is 3.91. The Hall–Kier alpha value is -4.07. The highest BCUT2D eigenvalue weighted by Gasteiger charge is 2.45. The van der Waals surface area contributed by atoms with Crippen molar-refractivity contribution in [3.05, 3.63) is 72.7 Å². The number of fused-ring (bicyclic) bond motifs is 2. The van der Waals surface area contributed by atoms with Gasteiger partial charge < -0.3 is 10.2 Å². The molecule has 8 heteroatoms. The molecule has 0 spiro atoms. The SMILES string of the molecule is Cc1nn(-c2ccccc2)c2ncc(NC(=O)C3(C)CC(=O)N=C4C=CC=CN43)cc12. The Balaban J connectivity index is 1.47. The van der Waals surface area contributed by atoms with Crippen molar-refractivity contribution in [1.29, 1.82) is 0 Å². The van der Waals surface area contributed by atoms with E-state index in [4.69, 9.17) is 0 Å². The van der Waals surface area contributed by atoms with Gasteiger partial charge in [-0.1, -0.05) is 24.3 Å². The van der Waals surface area contributed by atoms with E-state index in [1.807, 2.05) is 49.4 Å². The van der Waals surface area contributed by atoms with Crippen LogP contribution in [0.5, 0.6) is 0 Å². The molecule has 1 N–H and O–H groups in total. The highest BCUT2D eigenvalue weighted by atomic mass is 16.2. The zero-order valence-electron chi connectivity index (χ0n) is 17.1. The number of nitrogens with zero attached hydrogens (tertiary/aromatic N) is 5. The summed E-state index contributed by atoms with van der Waals surface area (Å²) < 4.78 is 1.78. The van der Waals surface area contributed by atoms with Gasteiger partial charge in [-0.3, -0.25) is 9.59 Å². The fourth-order valence-electron chi connectivity index (χ4n) is 3.91. The maximum absolute atomic E-state index is 13.3. The first kappa shape index (κ1) is 18.9. The number of anilines is 1. The molecule has 1 unspecified atom stereocenters.